The van der Waals surface area contributed by atoms with Crippen LogP contribution in [-0.4, -0.2) is 16.9 Å². The molecule has 0 radical (unpaired) electrons. The Morgan fingerprint density at radius 2 is 2.21 bits per heavy atom. The van der Waals surface area contributed by atoms with Gasteiger partial charge in [-0.05, 0) is 25.1 Å². The average molecular weight is 316 g/mol. The van der Waals surface area contributed by atoms with Gasteiger partial charge in [0.25, 0.3) is 0 Å². The van der Waals surface area contributed by atoms with Crippen molar-refractivity contribution < 1.29 is 4.79 Å². The van der Waals surface area contributed by atoms with Crippen LogP contribution in [0, 0.1) is 0 Å². The predicted molar refractivity (Wildman–Crippen MR) is 80.3 cm³/mol. The minimum absolute atomic E-state index is 0.180. The molecule has 0 aliphatic heterocycles. The number of aromatic nitrogens is 1. The highest BCUT2D eigenvalue weighted by atomic mass is 35.5. The zero-order chi connectivity index (χ0) is 13.8. The van der Waals surface area contributed by atoms with Crippen LogP contribution in [0.4, 0.5) is 10.8 Å². The molecular weight excluding hydrogens is 305 g/mol. The third kappa shape index (κ3) is 3.83. The maximum atomic E-state index is 11.9. The molecule has 0 saturated carbocycles. The van der Waals surface area contributed by atoms with Gasteiger partial charge < -0.3 is 10.6 Å². The van der Waals surface area contributed by atoms with Crippen molar-refractivity contribution in [3.8, 4) is 0 Å². The van der Waals surface area contributed by atoms with Gasteiger partial charge in [-0.3, -0.25) is 4.79 Å². The molecule has 1 heterocycles. The van der Waals surface area contributed by atoms with E-state index in [1.807, 2.05) is 0 Å². The lowest BCUT2D eigenvalue weighted by molar-refractivity contribution is -0.116. The van der Waals surface area contributed by atoms with E-state index in [4.69, 9.17) is 23.2 Å². The first-order valence-electron chi connectivity index (χ1n) is 5.48. The van der Waals surface area contributed by atoms with Gasteiger partial charge in [0.05, 0.1) is 10.7 Å². The highest BCUT2D eigenvalue weighted by Crippen LogP contribution is 2.26. The molecule has 4 nitrogen and oxygen atoms in total. The van der Waals surface area contributed by atoms with E-state index in [0.717, 1.165) is 0 Å². The smallest absolute Gasteiger partial charge is 0.248 e. The van der Waals surface area contributed by atoms with Crippen molar-refractivity contribution in [2.45, 2.75) is 13.0 Å². The van der Waals surface area contributed by atoms with E-state index in [0.29, 0.717) is 20.9 Å². The Balaban J connectivity index is 2.00. The molecule has 0 saturated heterocycles. The Kier molecular flexibility index (Phi) is 4.63. The van der Waals surface area contributed by atoms with E-state index in [1.165, 1.54) is 11.3 Å². The Morgan fingerprint density at radius 1 is 1.42 bits per heavy atom. The molecule has 19 heavy (non-hydrogen) atoms. The molecule has 7 heteroatoms. The molecule has 0 spiro atoms. The zero-order valence-electron chi connectivity index (χ0n) is 9.98. The van der Waals surface area contributed by atoms with E-state index < -0.39 is 6.04 Å². The fourth-order valence-electron chi connectivity index (χ4n) is 1.40. The van der Waals surface area contributed by atoms with E-state index >= 15 is 0 Å². The Bertz CT molecular complexity index is 574. The summed E-state index contributed by atoms with van der Waals surface area (Å²) in [5, 5.41) is 9.12. The first kappa shape index (κ1) is 14.1. The van der Waals surface area contributed by atoms with Gasteiger partial charge in [0.1, 0.15) is 6.04 Å². The Labute approximate surface area is 124 Å². The summed E-state index contributed by atoms with van der Waals surface area (Å²) in [6.45, 7) is 1.74. The standard InChI is InChI=1S/C12H11Cl2N3OS/c1-7(11(18)17-12-15-4-5-19-12)16-10-3-2-8(13)6-9(10)14/h2-7,16H,1H3,(H,15,17,18)/t7-/m0/s1. The van der Waals surface area contributed by atoms with Gasteiger partial charge in [0.2, 0.25) is 5.91 Å². The highest BCUT2D eigenvalue weighted by molar-refractivity contribution is 7.13. The number of benzene rings is 1. The van der Waals surface area contributed by atoms with Crippen molar-refractivity contribution >= 4 is 51.3 Å². The average Bonchev–Trinajstić information content (AvgIpc) is 2.85. The second-order valence-corrected chi connectivity index (χ2v) is 5.55. The molecule has 0 aliphatic rings. The number of carbonyl (C=O) groups excluding carboxylic acids is 1. The van der Waals surface area contributed by atoms with Crippen LogP contribution in [0.1, 0.15) is 6.92 Å². The number of anilines is 2. The number of halogens is 2. The van der Waals surface area contributed by atoms with Crippen LogP contribution in [0.3, 0.4) is 0 Å². The molecule has 1 atom stereocenters. The number of nitrogens with one attached hydrogen (secondary N) is 2. The number of nitrogens with zero attached hydrogens (tertiary/aromatic N) is 1. The van der Waals surface area contributed by atoms with Gasteiger partial charge in [0, 0.05) is 16.6 Å². The van der Waals surface area contributed by atoms with Crippen molar-refractivity contribution in [1.82, 2.24) is 4.98 Å². The number of thiazole rings is 1. The van der Waals surface area contributed by atoms with Gasteiger partial charge in [-0.25, -0.2) is 4.98 Å². The van der Waals surface area contributed by atoms with Crippen LogP contribution >= 0.6 is 34.5 Å². The number of amides is 1. The topological polar surface area (TPSA) is 54.0 Å². The van der Waals surface area contributed by atoms with E-state index in [-0.39, 0.29) is 5.91 Å². The summed E-state index contributed by atoms with van der Waals surface area (Å²) >= 11 is 13.2. The van der Waals surface area contributed by atoms with Gasteiger partial charge in [0.15, 0.2) is 5.13 Å². The number of hydrogen-bond donors (Lipinski definition) is 2. The lowest BCUT2D eigenvalue weighted by atomic mass is 10.2. The molecule has 0 unspecified atom stereocenters. The summed E-state index contributed by atoms with van der Waals surface area (Å²) in [5.74, 6) is -0.180. The minimum atomic E-state index is -0.442. The van der Waals surface area contributed by atoms with Gasteiger partial charge in [-0.2, -0.15) is 0 Å². The maximum absolute atomic E-state index is 11.9. The molecule has 100 valence electrons. The zero-order valence-corrected chi connectivity index (χ0v) is 12.3. The van der Waals surface area contributed by atoms with E-state index in [2.05, 4.69) is 15.6 Å². The van der Waals surface area contributed by atoms with Crippen molar-refractivity contribution in [3.05, 3.63) is 39.8 Å². The Hall–Kier alpha value is -1.30. The summed E-state index contributed by atoms with van der Waals surface area (Å²) in [6, 6.07) is 4.62. The van der Waals surface area contributed by atoms with Crippen LogP contribution in [0.5, 0.6) is 0 Å². The van der Waals surface area contributed by atoms with Crippen molar-refractivity contribution in [2.24, 2.45) is 0 Å². The fraction of sp³-hybridized carbons (Fsp3) is 0.167. The quantitative estimate of drug-likeness (QED) is 0.900. The van der Waals surface area contributed by atoms with E-state index in [9.17, 15) is 4.79 Å². The number of rotatable bonds is 4. The Morgan fingerprint density at radius 3 is 2.84 bits per heavy atom. The lowest BCUT2D eigenvalue weighted by Gasteiger charge is -2.15. The summed E-state index contributed by atoms with van der Waals surface area (Å²) in [6.07, 6.45) is 1.63. The second-order valence-electron chi connectivity index (χ2n) is 3.82. The normalized spacial score (nSPS) is 11.9. The molecule has 2 rings (SSSR count). The van der Waals surface area contributed by atoms with Crippen molar-refractivity contribution in [1.29, 1.82) is 0 Å². The molecule has 1 amide bonds. The van der Waals surface area contributed by atoms with Crippen LogP contribution in [0.15, 0.2) is 29.8 Å². The second kappa shape index (κ2) is 6.23. The van der Waals surface area contributed by atoms with Crippen LogP contribution in [0.25, 0.3) is 0 Å². The molecule has 2 N–H and O–H groups in total. The number of carbonyl (C=O) groups is 1. The summed E-state index contributed by atoms with van der Waals surface area (Å²) < 4.78 is 0. The van der Waals surface area contributed by atoms with Crippen LogP contribution in [-0.2, 0) is 4.79 Å². The number of hydrogen-bond acceptors (Lipinski definition) is 4. The molecule has 1 aromatic heterocycles. The molecule has 2 aromatic rings. The summed E-state index contributed by atoms with van der Waals surface area (Å²) in [4.78, 5) is 15.9. The van der Waals surface area contributed by atoms with E-state index in [1.54, 1.807) is 36.7 Å². The van der Waals surface area contributed by atoms with Crippen LogP contribution in [0.2, 0.25) is 10.0 Å². The minimum Gasteiger partial charge on any atom is -0.373 e. The van der Waals surface area contributed by atoms with Crippen molar-refractivity contribution in [2.75, 3.05) is 10.6 Å². The van der Waals surface area contributed by atoms with Gasteiger partial charge in [-0.1, -0.05) is 23.2 Å². The highest BCUT2D eigenvalue weighted by Gasteiger charge is 2.15. The molecule has 0 aliphatic carbocycles. The first-order chi connectivity index (χ1) is 9.06. The molecule has 0 fully saturated rings. The summed E-state index contributed by atoms with van der Waals surface area (Å²) in [7, 11) is 0. The molecule has 0 bridgehead atoms. The SMILES string of the molecule is C[C@H](Nc1ccc(Cl)cc1Cl)C(=O)Nc1nccs1. The van der Waals surface area contributed by atoms with Crippen molar-refractivity contribution in [3.63, 3.8) is 0 Å². The molecule has 1 aromatic carbocycles. The van der Waals surface area contributed by atoms with Crippen LogP contribution < -0.4 is 10.6 Å². The van der Waals surface area contributed by atoms with Gasteiger partial charge >= 0.3 is 0 Å². The largest absolute Gasteiger partial charge is 0.373 e. The predicted octanol–water partition coefficient (Wildman–Crippen LogP) is 3.89. The third-order valence-electron chi connectivity index (χ3n) is 2.36. The lowest BCUT2D eigenvalue weighted by Crippen LogP contribution is -2.31. The fourth-order valence-corrected chi connectivity index (χ4v) is 2.40. The monoisotopic (exact) mass is 315 g/mol. The maximum Gasteiger partial charge on any atom is 0.248 e. The van der Waals surface area contributed by atoms with Gasteiger partial charge in [-0.15, -0.1) is 11.3 Å². The molecular formula is C12H11Cl2N3OS. The summed E-state index contributed by atoms with van der Waals surface area (Å²) in [5.41, 5.74) is 0.660. The third-order valence-corrected chi connectivity index (χ3v) is 3.60. The first-order valence-corrected chi connectivity index (χ1v) is 7.12.